The van der Waals surface area contributed by atoms with Crippen molar-refractivity contribution in [3.05, 3.63) is 12.7 Å². The molecule has 0 amide bonds. The van der Waals surface area contributed by atoms with E-state index < -0.39 is 37.1 Å². The Kier molecular flexibility index (Phi) is 9.04. The molecule has 1 saturated carbocycles. The van der Waals surface area contributed by atoms with Crippen LogP contribution >= 0.6 is 7.44 Å². The highest BCUT2D eigenvalue weighted by molar-refractivity contribution is 7.59. The number of aromatic nitrogens is 4. The molecule has 5 N–H and O–H groups in total. The largest absolute Gasteiger partial charge is 0.480 e. The number of aliphatic carboxylic acids is 1. The quantitative estimate of drug-likeness (QED) is 0.234. The third-order valence-electron chi connectivity index (χ3n) is 6.01. The van der Waals surface area contributed by atoms with E-state index in [-0.39, 0.29) is 18.3 Å². The summed E-state index contributed by atoms with van der Waals surface area (Å²) >= 11 is 0. The molecule has 36 heavy (non-hydrogen) atoms. The van der Waals surface area contributed by atoms with E-state index in [2.05, 4.69) is 25.1 Å². The normalized spacial score (nSPS) is 18.4. The molecule has 13 nitrogen and oxygen atoms in total. The van der Waals surface area contributed by atoms with E-state index in [1.165, 1.54) is 20.2 Å². The van der Waals surface area contributed by atoms with E-state index in [1.807, 2.05) is 0 Å². The molecule has 200 valence electrons. The molecule has 1 aliphatic rings. The first-order valence-corrected chi connectivity index (χ1v) is 13.9. The fourth-order valence-electron chi connectivity index (χ4n) is 4.01. The van der Waals surface area contributed by atoms with Gasteiger partial charge in [0.2, 0.25) is 7.44 Å². The minimum atomic E-state index is -3.73. The summed E-state index contributed by atoms with van der Waals surface area (Å²) in [6.07, 6.45) is 6.65. The first kappa shape index (κ1) is 28.0. The number of nitrogens with two attached hydrogens (primary N) is 1. The number of rotatable bonds is 12. The number of esters is 1. The number of carboxylic acids is 1. The van der Waals surface area contributed by atoms with Crippen LogP contribution in [0.25, 0.3) is 11.2 Å². The second-order valence-corrected chi connectivity index (χ2v) is 12.0. The molecule has 2 aromatic rings. The third-order valence-corrected chi connectivity index (χ3v) is 8.25. The minimum Gasteiger partial charge on any atom is -0.480 e. The van der Waals surface area contributed by atoms with Crippen molar-refractivity contribution >= 4 is 36.4 Å². The third kappa shape index (κ3) is 7.22. The summed E-state index contributed by atoms with van der Waals surface area (Å²) in [6, 6.07) is -0.939. The van der Waals surface area contributed by atoms with Crippen molar-refractivity contribution in [3.8, 4) is 0 Å². The maximum Gasteiger partial charge on any atom is 0.323 e. The molecule has 3 rings (SSSR count). The van der Waals surface area contributed by atoms with Gasteiger partial charge in [0, 0.05) is 0 Å². The predicted molar refractivity (Wildman–Crippen MR) is 133 cm³/mol. The van der Waals surface area contributed by atoms with Gasteiger partial charge in [-0.3, -0.25) is 14.2 Å². The van der Waals surface area contributed by atoms with Gasteiger partial charge in [-0.2, -0.15) is 0 Å². The van der Waals surface area contributed by atoms with Crippen molar-refractivity contribution in [2.45, 2.75) is 90.1 Å². The molecule has 0 unspecified atom stereocenters. The predicted octanol–water partition coefficient (Wildman–Crippen LogP) is 2.27. The Morgan fingerprint density at radius 1 is 1.25 bits per heavy atom. The molecule has 1 aliphatic carbocycles. The summed E-state index contributed by atoms with van der Waals surface area (Å²) in [6.45, 7) is 6.40. The second-order valence-electron chi connectivity index (χ2n) is 9.76. The minimum absolute atomic E-state index is 0.155. The topological polar surface area (TPSA) is 184 Å². The maximum absolute atomic E-state index is 13.8. The highest BCUT2D eigenvalue weighted by atomic mass is 31.2. The number of nitrogen functional groups attached to an aromatic ring is 1. The molecule has 2 heterocycles. The highest BCUT2D eigenvalue weighted by Crippen LogP contribution is 2.40. The number of imidazole rings is 1. The molecule has 0 bridgehead atoms. The molecule has 0 spiro atoms. The number of anilines is 1. The van der Waals surface area contributed by atoms with Gasteiger partial charge in [0.25, 0.3) is 0 Å². The molecule has 0 aliphatic heterocycles. The second kappa shape index (κ2) is 11.6. The van der Waals surface area contributed by atoms with Crippen LogP contribution in [0.2, 0.25) is 0 Å². The van der Waals surface area contributed by atoms with Crippen molar-refractivity contribution in [3.63, 3.8) is 0 Å². The maximum atomic E-state index is 13.8. The first-order valence-electron chi connectivity index (χ1n) is 12.0. The lowest BCUT2D eigenvalue weighted by Crippen LogP contribution is -2.49. The first-order chi connectivity index (χ1) is 16.9. The lowest BCUT2D eigenvalue weighted by atomic mass is 9.98. The molecule has 1 fully saturated rings. The van der Waals surface area contributed by atoms with Crippen LogP contribution in [0.3, 0.4) is 0 Å². The van der Waals surface area contributed by atoms with Crippen LogP contribution in [-0.2, 0) is 30.2 Å². The molecular weight excluding hydrogens is 489 g/mol. The molecular formula is C22H36N7O6P. The number of nitrogens with one attached hydrogen (secondary N) is 2. The van der Waals surface area contributed by atoms with E-state index in [1.54, 1.807) is 24.7 Å². The van der Waals surface area contributed by atoms with Gasteiger partial charge < -0.3 is 24.9 Å². The zero-order valence-electron chi connectivity index (χ0n) is 21.1. The monoisotopic (exact) mass is 525 g/mol. The molecule has 2 aromatic heterocycles. The number of hydrogen-bond donors (Lipinski definition) is 4. The fraction of sp³-hybridized carbons (Fsp3) is 0.682. The SMILES string of the molecule is C[C@H](Cn1cnc2c(N)ncnc21)OC[P@@](=O)(N[C@H](C)C(=O)OC1CCCCC1)NC(C)(C)C(=O)O. The Bertz CT molecular complexity index is 1120. The summed E-state index contributed by atoms with van der Waals surface area (Å²) in [5.41, 5.74) is 5.28. The Labute approximate surface area is 210 Å². The summed E-state index contributed by atoms with van der Waals surface area (Å²) in [5.74, 6) is -1.47. The van der Waals surface area contributed by atoms with Gasteiger partial charge in [0.15, 0.2) is 11.5 Å². The number of carbonyl (C=O) groups excluding carboxylic acids is 1. The fourth-order valence-corrected chi connectivity index (χ4v) is 6.41. The molecule has 0 aromatic carbocycles. The highest BCUT2D eigenvalue weighted by Gasteiger charge is 2.38. The number of ether oxygens (including phenoxy) is 2. The Morgan fingerprint density at radius 3 is 2.61 bits per heavy atom. The summed E-state index contributed by atoms with van der Waals surface area (Å²) in [4.78, 5) is 36.7. The van der Waals surface area contributed by atoms with Gasteiger partial charge in [-0.1, -0.05) is 6.42 Å². The molecule has 14 heteroatoms. The van der Waals surface area contributed by atoms with Crippen molar-refractivity contribution in [2.75, 3.05) is 12.1 Å². The summed E-state index contributed by atoms with van der Waals surface area (Å²) in [7, 11) is -3.73. The Hall–Kier alpha value is -2.60. The van der Waals surface area contributed by atoms with Crippen LogP contribution in [-0.4, -0.2) is 66.7 Å². The van der Waals surface area contributed by atoms with E-state index >= 15 is 0 Å². The smallest absolute Gasteiger partial charge is 0.323 e. The van der Waals surface area contributed by atoms with Crippen molar-refractivity contribution < 1.29 is 28.7 Å². The van der Waals surface area contributed by atoms with Crippen LogP contribution in [0.4, 0.5) is 5.82 Å². The number of hydrogen-bond acceptors (Lipinski definition) is 9. The molecule has 0 saturated heterocycles. The van der Waals surface area contributed by atoms with Crippen LogP contribution in [0.5, 0.6) is 0 Å². The lowest BCUT2D eigenvalue weighted by molar-refractivity contribution is -0.152. The van der Waals surface area contributed by atoms with E-state index in [9.17, 15) is 19.3 Å². The molecule has 0 radical (unpaired) electrons. The van der Waals surface area contributed by atoms with Crippen LogP contribution in [0.1, 0.15) is 59.8 Å². The zero-order chi connectivity index (χ0) is 26.5. The molecule has 3 atom stereocenters. The Balaban J connectivity index is 1.67. The van der Waals surface area contributed by atoms with Gasteiger partial charge in [-0.05, 0) is 53.4 Å². The van der Waals surface area contributed by atoms with Gasteiger partial charge >= 0.3 is 11.9 Å². The van der Waals surface area contributed by atoms with Crippen LogP contribution < -0.4 is 15.9 Å². The zero-order valence-corrected chi connectivity index (χ0v) is 22.0. The van der Waals surface area contributed by atoms with Gasteiger partial charge in [-0.15, -0.1) is 0 Å². The van der Waals surface area contributed by atoms with Crippen LogP contribution in [0.15, 0.2) is 12.7 Å². The average Bonchev–Trinajstić information content (AvgIpc) is 3.22. The van der Waals surface area contributed by atoms with Gasteiger partial charge in [0.05, 0.1) is 19.0 Å². The number of carboxylic acid groups (broad SMARTS) is 1. The summed E-state index contributed by atoms with van der Waals surface area (Å²) < 4.78 is 27.0. The standard InChI is InChI=1S/C22H36N7O6P/c1-14(10-29-12-26-17-18(23)24-11-25-19(17)29)34-13-36(33,28-22(3,4)21(31)32)27-15(2)20(30)35-16-8-6-5-7-9-16/h11-12,14-16H,5-10,13H2,1-4H3,(H,31,32)(H2,23,24,25)(H2,27,28,33)/t14-,15-,36-/m1/s1. The van der Waals surface area contributed by atoms with Crippen LogP contribution in [0, 0.1) is 0 Å². The van der Waals surface area contributed by atoms with E-state index in [4.69, 9.17) is 15.2 Å². The van der Waals surface area contributed by atoms with Gasteiger partial charge in [-0.25, -0.2) is 25.1 Å². The van der Waals surface area contributed by atoms with E-state index in [0.29, 0.717) is 17.7 Å². The Morgan fingerprint density at radius 2 is 1.94 bits per heavy atom. The van der Waals surface area contributed by atoms with Crippen molar-refractivity contribution in [2.24, 2.45) is 0 Å². The lowest BCUT2D eigenvalue weighted by Gasteiger charge is -2.32. The van der Waals surface area contributed by atoms with E-state index in [0.717, 1.165) is 32.1 Å². The average molecular weight is 526 g/mol. The van der Waals surface area contributed by atoms with Crippen molar-refractivity contribution in [1.29, 1.82) is 0 Å². The number of fused-ring (bicyclic) bond motifs is 1. The van der Waals surface area contributed by atoms with Gasteiger partial charge in [0.1, 0.15) is 35.9 Å². The number of nitrogens with zero attached hydrogens (tertiary/aromatic N) is 4. The summed E-state index contributed by atoms with van der Waals surface area (Å²) in [5, 5.41) is 15.0. The van der Waals surface area contributed by atoms with Crippen molar-refractivity contribution in [1.82, 2.24) is 29.7 Å². The number of carbonyl (C=O) groups is 2.